The van der Waals surface area contributed by atoms with E-state index in [1.54, 1.807) is 18.2 Å². The Morgan fingerprint density at radius 1 is 0.886 bits per heavy atom. The largest absolute Gasteiger partial charge is 0.452 e. The number of piperazine rings is 1. The van der Waals surface area contributed by atoms with Crippen molar-refractivity contribution < 1.29 is 27.5 Å². The lowest BCUT2D eigenvalue weighted by molar-refractivity contribution is -0.135. The van der Waals surface area contributed by atoms with Crippen LogP contribution in [0.3, 0.4) is 0 Å². The second-order valence-electron chi connectivity index (χ2n) is 7.94. The van der Waals surface area contributed by atoms with Gasteiger partial charge in [-0.2, -0.15) is 4.31 Å². The Balaban J connectivity index is 1.30. The summed E-state index contributed by atoms with van der Waals surface area (Å²) in [6, 6.07) is 17.7. The molecule has 0 aliphatic carbocycles. The number of sulfonamides is 1. The van der Waals surface area contributed by atoms with Gasteiger partial charge in [0, 0.05) is 31.9 Å². The van der Waals surface area contributed by atoms with Crippen LogP contribution in [0.1, 0.15) is 10.4 Å². The summed E-state index contributed by atoms with van der Waals surface area (Å²) in [4.78, 5) is 37.2. The van der Waals surface area contributed by atoms with Crippen molar-refractivity contribution in [3.05, 3.63) is 72.3 Å². The molecule has 1 aliphatic rings. The Hall–Kier alpha value is -3.96. The summed E-state index contributed by atoms with van der Waals surface area (Å²) in [5.41, 5.74) is 5.66. The van der Waals surface area contributed by atoms with E-state index in [0.717, 1.165) is 10.8 Å². The quantitative estimate of drug-likeness (QED) is 0.501. The summed E-state index contributed by atoms with van der Waals surface area (Å²) >= 11 is 0. The van der Waals surface area contributed by atoms with Crippen molar-refractivity contribution in [1.82, 2.24) is 9.21 Å². The molecule has 1 aliphatic heterocycles. The minimum absolute atomic E-state index is 0.142. The number of hydrogen-bond donors (Lipinski definition) is 2. The van der Waals surface area contributed by atoms with E-state index >= 15 is 0 Å². The fourth-order valence-electron chi connectivity index (χ4n) is 3.79. The number of urea groups is 1. The van der Waals surface area contributed by atoms with Crippen LogP contribution in [0, 0.1) is 0 Å². The van der Waals surface area contributed by atoms with Crippen LogP contribution in [0.25, 0.3) is 10.8 Å². The Bertz CT molecular complexity index is 1370. The molecule has 4 rings (SSSR count). The first-order valence-corrected chi connectivity index (χ1v) is 12.3. The molecule has 35 heavy (non-hydrogen) atoms. The molecule has 1 saturated heterocycles. The number of nitrogens with two attached hydrogens (primary N) is 1. The first-order chi connectivity index (χ1) is 16.7. The molecule has 0 atom stereocenters. The number of amides is 3. The van der Waals surface area contributed by atoms with Crippen molar-refractivity contribution in [3.8, 4) is 0 Å². The number of ether oxygens (including phenoxy) is 1. The van der Waals surface area contributed by atoms with E-state index in [4.69, 9.17) is 10.5 Å². The van der Waals surface area contributed by atoms with Crippen LogP contribution >= 0.6 is 0 Å². The van der Waals surface area contributed by atoms with Crippen LogP contribution in [-0.4, -0.2) is 68.3 Å². The molecular weight excluding hydrogens is 472 g/mol. The van der Waals surface area contributed by atoms with Gasteiger partial charge in [-0.3, -0.25) is 4.79 Å². The number of hydrogen-bond acceptors (Lipinski definition) is 6. The molecule has 0 bridgehead atoms. The highest BCUT2D eigenvalue weighted by Gasteiger charge is 2.30. The van der Waals surface area contributed by atoms with Gasteiger partial charge in [0.15, 0.2) is 6.61 Å². The summed E-state index contributed by atoms with van der Waals surface area (Å²) in [6.45, 7) is 0.206. The number of benzene rings is 3. The van der Waals surface area contributed by atoms with Crippen molar-refractivity contribution in [2.75, 3.05) is 38.1 Å². The number of primary amides is 1. The number of rotatable bonds is 6. The molecule has 0 spiro atoms. The molecule has 0 aromatic heterocycles. The fraction of sp³-hybridized carbons (Fsp3) is 0.208. The van der Waals surface area contributed by atoms with E-state index in [-0.39, 0.29) is 36.6 Å². The van der Waals surface area contributed by atoms with E-state index in [0.29, 0.717) is 5.69 Å². The van der Waals surface area contributed by atoms with Crippen LogP contribution in [0.15, 0.2) is 71.6 Å². The van der Waals surface area contributed by atoms with E-state index in [1.165, 1.54) is 33.5 Å². The van der Waals surface area contributed by atoms with E-state index in [2.05, 4.69) is 5.32 Å². The van der Waals surface area contributed by atoms with Gasteiger partial charge in [0.05, 0.1) is 10.5 Å². The molecule has 11 heteroatoms. The van der Waals surface area contributed by atoms with E-state index in [1.807, 2.05) is 24.3 Å². The first kappa shape index (κ1) is 24.2. The Morgan fingerprint density at radius 3 is 2.20 bits per heavy atom. The van der Waals surface area contributed by atoms with Crippen molar-refractivity contribution in [2.45, 2.75) is 4.90 Å². The van der Waals surface area contributed by atoms with Crippen molar-refractivity contribution in [3.63, 3.8) is 0 Å². The second-order valence-corrected chi connectivity index (χ2v) is 9.87. The maximum absolute atomic E-state index is 13.1. The zero-order valence-corrected chi connectivity index (χ0v) is 19.5. The highest BCUT2D eigenvalue weighted by molar-refractivity contribution is 7.89. The maximum atomic E-state index is 13.1. The van der Waals surface area contributed by atoms with Crippen LogP contribution in [0.5, 0.6) is 0 Å². The molecule has 3 N–H and O–H groups in total. The number of carbonyl (C=O) groups is 3. The van der Waals surface area contributed by atoms with E-state index < -0.39 is 34.5 Å². The maximum Gasteiger partial charge on any atom is 0.338 e. The average Bonchev–Trinajstić information content (AvgIpc) is 2.87. The first-order valence-electron chi connectivity index (χ1n) is 10.8. The molecule has 0 saturated carbocycles. The van der Waals surface area contributed by atoms with Crippen LogP contribution in [-0.2, 0) is 19.6 Å². The zero-order valence-electron chi connectivity index (χ0n) is 18.7. The topological polar surface area (TPSA) is 139 Å². The molecule has 1 heterocycles. The van der Waals surface area contributed by atoms with E-state index in [9.17, 15) is 22.8 Å². The molecular formula is C24H24N4O6S. The SMILES string of the molecule is NC(=O)Nc1ccc(C(=O)OCC(=O)N2CCN(S(=O)(=O)c3ccc4ccccc4c3)CC2)cc1. The van der Waals surface area contributed by atoms with Gasteiger partial charge in [-0.1, -0.05) is 30.3 Å². The molecule has 0 unspecified atom stereocenters. The van der Waals surface area contributed by atoms with Crippen molar-refractivity contribution >= 4 is 44.4 Å². The van der Waals surface area contributed by atoms with Gasteiger partial charge >= 0.3 is 12.0 Å². The Morgan fingerprint density at radius 2 is 1.54 bits per heavy atom. The second kappa shape index (κ2) is 10.1. The highest BCUT2D eigenvalue weighted by Crippen LogP contribution is 2.23. The van der Waals surface area contributed by atoms with Gasteiger partial charge in [-0.05, 0) is 47.2 Å². The number of nitrogens with one attached hydrogen (secondary N) is 1. The third-order valence-electron chi connectivity index (χ3n) is 5.66. The van der Waals surface area contributed by atoms with Gasteiger partial charge in [-0.25, -0.2) is 18.0 Å². The monoisotopic (exact) mass is 496 g/mol. The highest BCUT2D eigenvalue weighted by atomic mass is 32.2. The lowest BCUT2D eigenvalue weighted by Gasteiger charge is -2.33. The van der Waals surface area contributed by atoms with Gasteiger partial charge in [0.1, 0.15) is 0 Å². The summed E-state index contributed by atoms with van der Waals surface area (Å²) in [5.74, 6) is -1.10. The number of anilines is 1. The molecule has 10 nitrogen and oxygen atoms in total. The van der Waals surface area contributed by atoms with Gasteiger partial charge in [0.2, 0.25) is 10.0 Å². The summed E-state index contributed by atoms with van der Waals surface area (Å²) in [6.07, 6.45) is 0. The Labute approximate surface area is 202 Å². The lowest BCUT2D eigenvalue weighted by atomic mass is 10.1. The van der Waals surface area contributed by atoms with Crippen LogP contribution < -0.4 is 11.1 Å². The standard InChI is InChI=1S/C24H24N4O6S/c25-24(31)26-20-8-5-18(6-9-20)23(30)34-16-22(29)27-11-13-28(14-12-27)35(32,33)21-10-7-17-3-1-2-4-19(17)15-21/h1-10,15H,11-14,16H2,(H3,25,26,31). The van der Waals surface area contributed by atoms with Crippen LogP contribution in [0.4, 0.5) is 10.5 Å². The van der Waals surface area contributed by atoms with Crippen LogP contribution in [0.2, 0.25) is 0 Å². The van der Waals surface area contributed by atoms with Gasteiger partial charge in [-0.15, -0.1) is 0 Å². The van der Waals surface area contributed by atoms with Gasteiger partial charge < -0.3 is 20.7 Å². The average molecular weight is 497 g/mol. The molecule has 182 valence electrons. The lowest BCUT2D eigenvalue weighted by Crippen LogP contribution is -2.51. The molecule has 3 amide bonds. The number of fused-ring (bicyclic) bond motifs is 1. The predicted octanol–water partition coefficient (Wildman–Crippen LogP) is 2.02. The summed E-state index contributed by atoms with van der Waals surface area (Å²) in [5, 5.41) is 4.17. The molecule has 3 aromatic rings. The molecule has 1 fully saturated rings. The number of carbonyl (C=O) groups excluding carboxylic acids is 3. The third-order valence-corrected chi connectivity index (χ3v) is 7.56. The minimum Gasteiger partial charge on any atom is -0.452 e. The number of nitrogens with zero attached hydrogens (tertiary/aromatic N) is 2. The predicted molar refractivity (Wildman–Crippen MR) is 129 cm³/mol. The normalized spacial score (nSPS) is 14.5. The summed E-state index contributed by atoms with van der Waals surface area (Å²) in [7, 11) is -3.70. The molecule has 0 radical (unpaired) electrons. The van der Waals surface area contributed by atoms with Crippen molar-refractivity contribution in [2.24, 2.45) is 5.73 Å². The number of esters is 1. The smallest absolute Gasteiger partial charge is 0.338 e. The van der Waals surface area contributed by atoms with Gasteiger partial charge in [0.25, 0.3) is 5.91 Å². The zero-order chi connectivity index (χ0) is 25.0. The fourth-order valence-corrected chi connectivity index (χ4v) is 5.25. The minimum atomic E-state index is -3.70. The third kappa shape index (κ3) is 5.58. The van der Waals surface area contributed by atoms with Crippen molar-refractivity contribution in [1.29, 1.82) is 0 Å². The molecule has 3 aromatic carbocycles. The Kier molecular flexibility index (Phi) is 6.99. The summed E-state index contributed by atoms with van der Waals surface area (Å²) < 4.78 is 32.6.